The van der Waals surface area contributed by atoms with Crippen LogP contribution in [0.1, 0.15) is 67.8 Å². The lowest BCUT2D eigenvalue weighted by molar-refractivity contribution is -0.140. The first-order valence-electron chi connectivity index (χ1n) is 10.0. The van der Waals surface area contributed by atoms with E-state index < -0.39 is 5.97 Å². The van der Waals surface area contributed by atoms with Crippen molar-refractivity contribution in [3.8, 4) is 0 Å². The van der Waals surface area contributed by atoms with Gasteiger partial charge in [0.15, 0.2) is 0 Å². The molecular weight excluding hydrogens is 356 g/mol. The molecule has 2 heterocycles. The summed E-state index contributed by atoms with van der Waals surface area (Å²) in [5.74, 6) is -0.112. The fourth-order valence-corrected chi connectivity index (χ4v) is 4.01. The molecule has 6 heteroatoms. The Morgan fingerprint density at radius 1 is 1.32 bits per heavy atom. The van der Waals surface area contributed by atoms with Gasteiger partial charge in [0.2, 0.25) is 0 Å². The third-order valence-electron chi connectivity index (χ3n) is 5.75. The minimum atomic E-state index is -0.411. The summed E-state index contributed by atoms with van der Waals surface area (Å²) in [7, 11) is 1.37. The summed E-state index contributed by atoms with van der Waals surface area (Å²) in [6.45, 7) is 8.92. The van der Waals surface area contributed by atoms with Crippen LogP contribution in [0.3, 0.4) is 0 Å². The van der Waals surface area contributed by atoms with E-state index in [0.717, 1.165) is 41.6 Å². The van der Waals surface area contributed by atoms with E-state index in [1.807, 2.05) is 0 Å². The summed E-state index contributed by atoms with van der Waals surface area (Å²) >= 11 is 0. The monoisotopic (exact) mass is 386 g/mol. The normalized spacial score (nSPS) is 16.7. The van der Waals surface area contributed by atoms with Crippen LogP contribution < -0.4 is 0 Å². The Morgan fingerprint density at radius 3 is 2.71 bits per heavy atom. The largest absolute Gasteiger partial charge is 0.469 e. The number of aryl methyl sites for hydroxylation is 2. The first kappa shape index (κ1) is 20.4. The lowest BCUT2D eigenvalue weighted by Gasteiger charge is -2.34. The summed E-state index contributed by atoms with van der Waals surface area (Å²) in [5, 5.41) is 0. The minimum Gasteiger partial charge on any atom is -0.469 e. The van der Waals surface area contributed by atoms with Gasteiger partial charge in [0.25, 0.3) is 0 Å². The summed E-state index contributed by atoms with van der Waals surface area (Å²) in [6, 6.07) is 2.12. The van der Waals surface area contributed by atoms with Gasteiger partial charge in [-0.1, -0.05) is 20.8 Å². The van der Waals surface area contributed by atoms with Crippen LogP contribution >= 0.6 is 0 Å². The van der Waals surface area contributed by atoms with Crippen LogP contribution in [0, 0.1) is 11.3 Å². The molecule has 2 aromatic heterocycles. The molecule has 0 saturated carbocycles. The number of pyridine rings is 1. The van der Waals surface area contributed by atoms with E-state index in [0.29, 0.717) is 24.6 Å². The molecule has 6 nitrogen and oxygen atoms in total. The molecule has 28 heavy (non-hydrogen) atoms. The van der Waals surface area contributed by atoms with Crippen LogP contribution in [0.2, 0.25) is 0 Å². The fourth-order valence-electron chi connectivity index (χ4n) is 4.01. The number of nitrogens with one attached hydrogen (secondary N) is 1. The highest BCUT2D eigenvalue weighted by molar-refractivity contribution is 5.97. The average molecular weight is 386 g/mol. The number of rotatable bonds is 5. The third kappa shape index (κ3) is 4.05. The number of ether oxygens (including phenoxy) is 2. The predicted octanol–water partition coefficient (Wildman–Crippen LogP) is 4.00. The number of aromatic nitrogens is 2. The summed E-state index contributed by atoms with van der Waals surface area (Å²) in [5.41, 5.74) is 5.32. The Kier molecular flexibility index (Phi) is 5.77. The molecule has 0 aliphatic heterocycles. The van der Waals surface area contributed by atoms with Gasteiger partial charge in [-0.3, -0.25) is 9.78 Å². The van der Waals surface area contributed by atoms with E-state index in [4.69, 9.17) is 14.5 Å². The topological polar surface area (TPSA) is 81.3 Å². The van der Waals surface area contributed by atoms with Crippen LogP contribution in [0.15, 0.2) is 6.07 Å². The molecule has 0 amide bonds. The Hall–Kier alpha value is -2.37. The van der Waals surface area contributed by atoms with Gasteiger partial charge in [-0.15, -0.1) is 0 Å². The maximum absolute atomic E-state index is 12.5. The van der Waals surface area contributed by atoms with E-state index in [1.54, 1.807) is 6.92 Å². The van der Waals surface area contributed by atoms with Crippen LogP contribution in [-0.2, 0) is 33.5 Å². The molecule has 1 atom stereocenters. The standard InChI is InChI=1S/C22H30N2O4/c1-6-28-21(26)20-15(8-10-18(25)27-5)19-17(24-20)12-13-11-14(22(2,3)4)7-9-16(13)23-19/h12,14,24H,6-11H2,1-5H3. The highest BCUT2D eigenvalue weighted by Gasteiger charge is 2.30. The number of carbonyl (C=O) groups excluding carboxylic acids is 2. The Bertz CT molecular complexity index is 892. The summed E-state index contributed by atoms with van der Waals surface area (Å²) in [6.07, 6.45) is 3.62. The zero-order chi connectivity index (χ0) is 20.5. The molecule has 0 spiro atoms. The van der Waals surface area contributed by atoms with Gasteiger partial charge < -0.3 is 14.5 Å². The number of fused-ring (bicyclic) bond motifs is 2. The van der Waals surface area contributed by atoms with Gasteiger partial charge >= 0.3 is 11.9 Å². The molecule has 152 valence electrons. The number of hydrogen-bond acceptors (Lipinski definition) is 5. The Labute approximate surface area is 166 Å². The molecule has 0 fully saturated rings. The lowest BCUT2D eigenvalue weighted by atomic mass is 9.71. The number of nitrogens with zero attached hydrogens (tertiary/aromatic N) is 1. The van der Waals surface area contributed by atoms with Crippen LogP contribution in [0.4, 0.5) is 0 Å². The van der Waals surface area contributed by atoms with E-state index in [9.17, 15) is 9.59 Å². The first-order chi connectivity index (χ1) is 13.2. The molecule has 2 aromatic rings. The van der Waals surface area contributed by atoms with E-state index in [2.05, 4.69) is 31.8 Å². The van der Waals surface area contributed by atoms with Gasteiger partial charge in [-0.25, -0.2) is 4.79 Å². The summed E-state index contributed by atoms with van der Waals surface area (Å²) in [4.78, 5) is 32.2. The summed E-state index contributed by atoms with van der Waals surface area (Å²) < 4.78 is 9.96. The average Bonchev–Trinajstić information content (AvgIpc) is 3.00. The van der Waals surface area contributed by atoms with Crippen LogP contribution in [-0.4, -0.2) is 35.6 Å². The van der Waals surface area contributed by atoms with Crippen molar-refractivity contribution in [1.29, 1.82) is 0 Å². The van der Waals surface area contributed by atoms with Gasteiger partial charge in [-0.2, -0.15) is 0 Å². The first-order valence-corrected chi connectivity index (χ1v) is 10.0. The molecule has 0 radical (unpaired) electrons. The van der Waals surface area contributed by atoms with Gasteiger partial charge in [0.05, 0.1) is 24.8 Å². The van der Waals surface area contributed by atoms with Gasteiger partial charge in [0.1, 0.15) is 5.69 Å². The highest BCUT2D eigenvalue weighted by atomic mass is 16.5. The fraction of sp³-hybridized carbons (Fsp3) is 0.591. The second kappa shape index (κ2) is 7.94. The predicted molar refractivity (Wildman–Crippen MR) is 107 cm³/mol. The molecule has 1 N–H and O–H groups in total. The zero-order valence-electron chi connectivity index (χ0n) is 17.5. The molecule has 0 saturated heterocycles. The van der Waals surface area contributed by atoms with Crippen LogP contribution in [0.25, 0.3) is 11.0 Å². The maximum atomic E-state index is 12.5. The van der Waals surface area contributed by atoms with Crippen molar-refractivity contribution in [3.05, 3.63) is 28.6 Å². The van der Waals surface area contributed by atoms with Gasteiger partial charge in [0, 0.05) is 17.7 Å². The molecule has 1 aliphatic carbocycles. The Morgan fingerprint density at radius 2 is 2.07 bits per heavy atom. The molecule has 1 unspecified atom stereocenters. The van der Waals surface area contributed by atoms with Crippen molar-refractivity contribution in [2.75, 3.05) is 13.7 Å². The molecule has 0 aromatic carbocycles. The number of carbonyl (C=O) groups is 2. The SMILES string of the molecule is CCOC(=O)c1[nH]c2cc3c(nc2c1CCC(=O)OC)CCC(C(C)(C)C)C3. The number of methoxy groups -OCH3 is 1. The second-order valence-corrected chi connectivity index (χ2v) is 8.57. The number of H-pyrrole nitrogens is 1. The zero-order valence-corrected chi connectivity index (χ0v) is 17.5. The quantitative estimate of drug-likeness (QED) is 0.786. The smallest absolute Gasteiger partial charge is 0.355 e. The highest BCUT2D eigenvalue weighted by Crippen LogP contribution is 2.38. The van der Waals surface area contributed by atoms with Crippen molar-refractivity contribution in [1.82, 2.24) is 9.97 Å². The minimum absolute atomic E-state index is 0.195. The Balaban J connectivity index is 2.03. The van der Waals surface area contributed by atoms with Crippen molar-refractivity contribution >= 4 is 23.0 Å². The lowest BCUT2D eigenvalue weighted by Crippen LogP contribution is -2.27. The van der Waals surface area contributed by atoms with Crippen molar-refractivity contribution in [2.24, 2.45) is 11.3 Å². The maximum Gasteiger partial charge on any atom is 0.355 e. The molecule has 1 aliphatic rings. The number of esters is 2. The third-order valence-corrected chi connectivity index (χ3v) is 5.75. The molecule has 0 bridgehead atoms. The van der Waals surface area contributed by atoms with E-state index in [1.165, 1.54) is 12.7 Å². The van der Waals surface area contributed by atoms with Crippen molar-refractivity contribution in [2.45, 2.75) is 59.8 Å². The molecular formula is C22H30N2O4. The van der Waals surface area contributed by atoms with Crippen molar-refractivity contribution < 1.29 is 19.1 Å². The van der Waals surface area contributed by atoms with Crippen molar-refractivity contribution in [3.63, 3.8) is 0 Å². The number of aromatic amines is 1. The van der Waals surface area contributed by atoms with Gasteiger partial charge in [-0.05, 0) is 55.6 Å². The van der Waals surface area contributed by atoms with E-state index >= 15 is 0 Å². The number of hydrogen-bond donors (Lipinski definition) is 1. The van der Waals surface area contributed by atoms with E-state index in [-0.39, 0.29) is 17.8 Å². The molecule has 3 rings (SSSR count). The second-order valence-electron chi connectivity index (χ2n) is 8.57. The van der Waals surface area contributed by atoms with Crippen LogP contribution in [0.5, 0.6) is 0 Å².